The Bertz CT molecular complexity index is 892. The van der Waals surface area contributed by atoms with Crippen LogP contribution < -0.4 is 14.2 Å². The van der Waals surface area contributed by atoms with Gasteiger partial charge in [0.05, 0.1) is 41.0 Å². The van der Waals surface area contributed by atoms with Crippen LogP contribution in [0.4, 0.5) is 0 Å². The number of methoxy groups -OCH3 is 4. The summed E-state index contributed by atoms with van der Waals surface area (Å²) in [6.07, 6.45) is 1.50. The summed E-state index contributed by atoms with van der Waals surface area (Å²) in [6, 6.07) is 3.52. The van der Waals surface area contributed by atoms with Crippen LogP contribution in [0.5, 0.6) is 17.2 Å². The largest absolute Gasteiger partial charge is 0.493 e. The summed E-state index contributed by atoms with van der Waals surface area (Å²) < 4.78 is 28.3. The van der Waals surface area contributed by atoms with Crippen molar-refractivity contribution < 1.29 is 28.2 Å². The van der Waals surface area contributed by atoms with Gasteiger partial charge in [0, 0.05) is 18.7 Å². The van der Waals surface area contributed by atoms with E-state index in [9.17, 15) is 4.79 Å². The maximum Gasteiger partial charge on any atom is 0.308 e. The molecule has 2 aromatic rings. The number of aromatic nitrogens is 2. The van der Waals surface area contributed by atoms with Gasteiger partial charge in [0.2, 0.25) is 11.6 Å². The second-order valence-electron chi connectivity index (χ2n) is 6.64. The maximum atomic E-state index is 11.7. The highest BCUT2D eigenvalue weighted by Gasteiger charge is 2.26. The van der Waals surface area contributed by atoms with E-state index in [1.54, 1.807) is 38.1 Å². The number of piperidine rings is 1. The fourth-order valence-corrected chi connectivity index (χ4v) is 3.56. The summed E-state index contributed by atoms with van der Waals surface area (Å²) in [6.45, 7) is 2.00. The highest BCUT2D eigenvalue weighted by molar-refractivity contribution is 7.71. The molecule has 29 heavy (non-hydrogen) atoms. The molecule has 0 aliphatic carbocycles. The van der Waals surface area contributed by atoms with E-state index in [1.165, 1.54) is 7.11 Å². The van der Waals surface area contributed by atoms with Crippen molar-refractivity contribution in [2.75, 3.05) is 41.5 Å². The number of hydrogen-bond donors (Lipinski definition) is 0. The van der Waals surface area contributed by atoms with Crippen LogP contribution in [-0.4, -0.2) is 62.2 Å². The monoisotopic (exact) mass is 423 g/mol. The third-order valence-electron chi connectivity index (χ3n) is 4.97. The Morgan fingerprint density at radius 3 is 2.28 bits per heavy atom. The Morgan fingerprint density at radius 1 is 1.14 bits per heavy atom. The van der Waals surface area contributed by atoms with Crippen LogP contribution >= 0.6 is 12.2 Å². The first-order valence-electron chi connectivity index (χ1n) is 9.19. The lowest BCUT2D eigenvalue weighted by Crippen LogP contribution is -2.38. The molecule has 1 aromatic heterocycles. The minimum atomic E-state index is -0.146. The Labute approximate surface area is 174 Å². The summed E-state index contributed by atoms with van der Waals surface area (Å²) in [4.78, 5) is 14.1. The quantitative estimate of drug-likeness (QED) is 0.493. The van der Waals surface area contributed by atoms with E-state index < -0.39 is 0 Å². The molecule has 9 nitrogen and oxygen atoms in total. The molecule has 0 amide bonds. The van der Waals surface area contributed by atoms with Gasteiger partial charge in [-0.1, -0.05) is 0 Å². The first kappa shape index (κ1) is 21.1. The molecule has 0 N–H and O–H groups in total. The van der Waals surface area contributed by atoms with Crippen molar-refractivity contribution in [3.05, 3.63) is 17.0 Å². The molecule has 1 saturated heterocycles. The highest BCUT2D eigenvalue weighted by Crippen LogP contribution is 2.40. The number of carbonyl (C=O) groups excluding carboxylic acids is 1. The van der Waals surface area contributed by atoms with Gasteiger partial charge in [-0.25, -0.2) is 4.68 Å². The molecular formula is C19H25N3O6S. The average molecular weight is 423 g/mol. The van der Waals surface area contributed by atoms with Crippen molar-refractivity contribution in [1.29, 1.82) is 0 Å². The van der Waals surface area contributed by atoms with E-state index in [0.29, 0.717) is 35.4 Å². The normalized spacial score (nSPS) is 15.2. The molecule has 1 aromatic carbocycles. The van der Waals surface area contributed by atoms with Gasteiger partial charge in [-0.3, -0.25) is 9.69 Å². The number of nitrogens with zero attached hydrogens (tertiary/aromatic N) is 3. The average Bonchev–Trinajstić information content (AvgIpc) is 3.12. The molecule has 0 radical (unpaired) electrons. The zero-order valence-electron chi connectivity index (χ0n) is 17.0. The molecular weight excluding hydrogens is 398 g/mol. The Balaban J connectivity index is 1.78. The van der Waals surface area contributed by atoms with Crippen LogP contribution in [0.1, 0.15) is 12.8 Å². The lowest BCUT2D eigenvalue weighted by atomic mass is 9.97. The van der Waals surface area contributed by atoms with Crippen molar-refractivity contribution in [3.8, 4) is 28.7 Å². The van der Waals surface area contributed by atoms with Gasteiger partial charge in [-0.15, -0.1) is 5.10 Å². The fraction of sp³-hybridized carbons (Fsp3) is 0.526. The molecule has 158 valence electrons. The van der Waals surface area contributed by atoms with Crippen molar-refractivity contribution in [1.82, 2.24) is 14.7 Å². The summed E-state index contributed by atoms with van der Waals surface area (Å²) in [5.74, 6) is 1.66. The van der Waals surface area contributed by atoms with Crippen LogP contribution in [0.15, 0.2) is 16.5 Å². The van der Waals surface area contributed by atoms with Gasteiger partial charge in [0.25, 0.3) is 4.84 Å². The van der Waals surface area contributed by atoms with Crippen molar-refractivity contribution in [3.63, 3.8) is 0 Å². The molecule has 0 spiro atoms. The van der Waals surface area contributed by atoms with Crippen molar-refractivity contribution >= 4 is 18.2 Å². The van der Waals surface area contributed by atoms with Crippen LogP contribution in [0.25, 0.3) is 11.5 Å². The predicted octanol–water partition coefficient (Wildman–Crippen LogP) is 2.74. The molecule has 2 heterocycles. The van der Waals surface area contributed by atoms with E-state index in [0.717, 1.165) is 25.9 Å². The molecule has 0 bridgehead atoms. The Kier molecular flexibility index (Phi) is 6.75. The molecule has 1 aliphatic heterocycles. The first-order chi connectivity index (χ1) is 14.0. The van der Waals surface area contributed by atoms with Crippen LogP contribution in [0.2, 0.25) is 0 Å². The van der Waals surface area contributed by atoms with E-state index >= 15 is 0 Å². The molecule has 3 rings (SSSR count). The highest BCUT2D eigenvalue weighted by atomic mass is 32.1. The lowest BCUT2D eigenvalue weighted by molar-refractivity contribution is -0.147. The van der Waals surface area contributed by atoms with Gasteiger partial charge in [0.15, 0.2) is 11.5 Å². The number of hydrogen-bond acceptors (Lipinski definition) is 9. The summed E-state index contributed by atoms with van der Waals surface area (Å²) in [5, 5.41) is 4.51. The molecule has 0 atom stereocenters. The Morgan fingerprint density at radius 2 is 1.76 bits per heavy atom. The number of benzene rings is 1. The molecule has 10 heteroatoms. The Hall–Kier alpha value is -2.59. The second kappa shape index (κ2) is 9.27. The summed E-state index contributed by atoms with van der Waals surface area (Å²) in [5.41, 5.74) is 0.661. The summed E-state index contributed by atoms with van der Waals surface area (Å²) >= 11 is 5.34. The number of esters is 1. The zero-order valence-corrected chi connectivity index (χ0v) is 17.8. The minimum Gasteiger partial charge on any atom is -0.493 e. The lowest BCUT2D eigenvalue weighted by Gasteiger charge is -2.29. The topological polar surface area (TPSA) is 88.2 Å². The summed E-state index contributed by atoms with van der Waals surface area (Å²) in [7, 11) is 6.07. The molecule has 1 aliphatic rings. The number of ether oxygens (including phenoxy) is 4. The number of likely N-dealkylation sites (tertiary alicyclic amines) is 1. The molecule has 0 unspecified atom stereocenters. The maximum absolute atomic E-state index is 11.7. The van der Waals surface area contributed by atoms with Crippen LogP contribution in [-0.2, 0) is 16.2 Å². The molecule has 1 fully saturated rings. The first-order valence-corrected chi connectivity index (χ1v) is 9.60. The van der Waals surface area contributed by atoms with Crippen LogP contribution in [0, 0.1) is 10.8 Å². The SMILES string of the molecule is COC(=O)C1CCN(Cn2nc(-c3cc(OC)c(OC)c(OC)c3)oc2=S)CC1. The van der Waals surface area contributed by atoms with Crippen LogP contribution in [0.3, 0.4) is 0 Å². The van der Waals surface area contributed by atoms with Crippen molar-refractivity contribution in [2.45, 2.75) is 19.5 Å². The third-order valence-corrected chi connectivity index (χ3v) is 5.27. The van der Waals surface area contributed by atoms with Crippen molar-refractivity contribution in [2.24, 2.45) is 5.92 Å². The van der Waals surface area contributed by atoms with Gasteiger partial charge < -0.3 is 23.4 Å². The number of carbonyl (C=O) groups is 1. The number of rotatable bonds is 7. The smallest absolute Gasteiger partial charge is 0.308 e. The fourth-order valence-electron chi connectivity index (χ4n) is 3.38. The van der Waals surface area contributed by atoms with E-state index in [-0.39, 0.29) is 16.7 Å². The van der Waals surface area contributed by atoms with Gasteiger partial charge in [0.1, 0.15) is 0 Å². The predicted molar refractivity (Wildman–Crippen MR) is 107 cm³/mol. The van der Waals surface area contributed by atoms with Gasteiger partial charge >= 0.3 is 5.97 Å². The zero-order chi connectivity index (χ0) is 21.0. The van der Waals surface area contributed by atoms with E-state index in [1.807, 2.05) is 0 Å². The standard InChI is InChI=1S/C19H25N3O6S/c1-24-14-9-13(10-15(25-2)16(14)26-3)17-20-22(19(29)28-17)11-21-7-5-12(6-8-21)18(23)27-4/h9-10,12H,5-8,11H2,1-4H3. The van der Waals surface area contributed by atoms with E-state index in [4.69, 9.17) is 35.6 Å². The van der Waals surface area contributed by atoms with Gasteiger partial charge in [-0.2, -0.15) is 0 Å². The molecule has 0 saturated carbocycles. The van der Waals surface area contributed by atoms with Gasteiger partial charge in [-0.05, 0) is 37.2 Å². The third kappa shape index (κ3) is 4.54. The second-order valence-corrected chi connectivity index (χ2v) is 6.99. The van der Waals surface area contributed by atoms with E-state index in [2.05, 4.69) is 10.00 Å². The minimum absolute atomic E-state index is 0.0451.